The average molecular weight is 470 g/mol. The molecule has 0 bridgehead atoms. The summed E-state index contributed by atoms with van der Waals surface area (Å²) < 4.78 is 11.6. The Morgan fingerprint density at radius 2 is 1.69 bits per heavy atom. The van der Waals surface area contributed by atoms with Gasteiger partial charge in [-0.3, -0.25) is 9.59 Å². The number of rotatable bonds is 7. The lowest BCUT2D eigenvalue weighted by Gasteiger charge is -2.07. The van der Waals surface area contributed by atoms with Crippen molar-refractivity contribution in [3.05, 3.63) is 106 Å². The zero-order valence-electron chi connectivity index (χ0n) is 19.1. The molecule has 35 heavy (non-hydrogen) atoms. The van der Waals surface area contributed by atoms with Gasteiger partial charge >= 0.3 is 5.97 Å². The minimum absolute atomic E-state index is 0.114. The second kappa shape index (κ2) is 10.4. The summed E-state index contributed by atoms with van der Waals surface area (Å²) in [6.07, 6.45) is 1.50. The number of benzene rings is 3. The number of fused-ring (bicyclic) bond motifs is 1. The van der Waals surface area contributed by atoms with Crippen LogP contribution in [0.3, 0.4) is 0 Å². The normalized spacial score (nSPS) is 10.9. The molecule has 1 N–H and O–H groups in total. The van der Waals surface area contributed by atoms with Crippen LogP contribution in [0.15, 0.2) is 82.7 Å². The van der Waals surface area contributed by atoms with Gasteiger partial charge in [0.2, 0.25) is 0 Å². The number of nitrogens with one attached hydrogen (secondary N) is 1. The van der Waals surface area contributed by atoms with E-state index in [4.69, 9.17) is 4.74 Å². The van der Waals surface area contributed by atoms with Gasteiger partial charge in [-0.1, -0.05) is 30.3 Å². The summed E-state index contributed by atoms with van der Waals surface area (Å²) in [5.41, 5.74) is 4.43. The molecule has 0 spiro atoms. The second-order valence-electron chi connectivity index (χ2n) is 7.57. The molecule has 4 rings (SSSR count). The summed E-state index contributed by atoms with van der Waals surface area (Å²) in [4.78, 5) is 36.3. The highest BCUT2D eigenvalue weighted by molar-refractivity contribution is 6.05. The molecule has 9 nitrogen and oxygen atoms in total. The van der Waals surface area contributed by atoms with Gasteiger partial charge in [0.1, 0.15) is 12.4 Å². The number of hydrogen-bond donors (Lipinski definition) is 1. The van der Waals surface area contributed by atoms with Crippen molar-refractivity contribution in [2.45, 2.75) is 6.61 Å². The lowest BCUT2D eigenvalue weighted by molar-refractivity contribution is 0.0600. The van der Waals surface area contributed by atoms with Crippen molar-refractivity contribution >= 4 is 28.9 Å². The monoisotopic (exact) mass is 470 g/mol. The summed E-state index contributed by atoms with van der Waals surface area (Å²) >= 11 is 0. The third-order valence-corrected chi connectivity index (χ3v) is 5.21. The van der Waals surface area contributed by atoms with Crippen molar-refractivity contribution < 1.29 is 19.1 Å². The quantitative estimate of drug-likeness (QED) is 0.252. The smallest absolute Gasteiger partial charge is 0.337 e. The molecule has 9 heteroatoms. The van der Waals surface area contributed by atoms with Gasteiger partial charge in [0.25, 0.3) is 11.5 Å². The summed E-state index contributed by atoms with van der Waals surface area (Å²) in [5, 5.41) is 8.95. The van der Waals surface area contributed by atoms with E-state index in [1.807, 2.05) is 0 Å². The van der Waals surface area contributed by atoms with Gasteiger partial charge in [0, 0.05) is 12.4 Å². The lowest BCUT2D eigenvalue weighted by Crippen LogP contribution is -2.27. The summed E-state index contributed by atoms with van der Waals surface area (Å²) in [5.74, 6) is -0.250. The van der Waals surface area contributed by atoms with E-state index in [1.54, 1.807) is 72.8 Å². The summed E-state index contributed by atoms with van der Waals surface area (Å²) in [6.45, 7) is 0.339. The molecule has 0 atom stereocenters. The van der Waals surface area contributed by atoms with Gasteiger partial charge in [0.05, 0.1) is 24.3 Å². The molecule has 0 aliphatic carbocycles. The molecular formula is C26H22N4O5. The number of hydrazone groups is 1. The van der Waals surface area contributed by atoms with Gasteiger partial charge in [-0.15, -0.1) is 0 Å². The highest BCUT2D eigenvalue weighted by atomic mass is 16.5. The zero-order valence-corrected chi connectivity index (χ0v) is 19.1. The maximum absolute atomic E-state index is 12.6. The largest absolute Gasteiger partial charge is 0.489 e. The number of amides is 1. The third kappa shape index (κ3) is 5.41. The Morgan fingerprint density at radius 1 is 1.00 bits per heavy atom. The van der Waals surface area contributed by atoms with Gasteiger partial charge in [-0.25, -0.2) is 14.9 Å². The van der Waals surface area contributed by atoms with Crippen molar-refractivity contribution in [3.63, 3.8) is 0 Å². The predicted molar refractivity (Wildman–Crippen MR) is 131 cm³/mol. The molecule has 1 amide bonds. The summed E-state index contributed by atoms with van der Waals surface area (Å²) in [7, 11) is 2.84. The molecule has 0 fully saturated rings. The molecule has 176 valence electrons. The van der Waals surface area contributed by atoms with Crippen LogP contribution < -0.4 is 15.7 Å². The number of carbonyl (C=O) groups is 2. The van der Waals surface area contributed by atoms with E-state index in [1.165, 1.54) is 20.4 Å². The standard InChI is InChI=1S/C26H22N4O5/c1-30-25(32)22-6-4-3-5-21(22)23(29-30)24(31)28-27-15-17-9-13-20(14-10-17)35-16-18-7-11-19(12-8-18)26(33)34-2/h3-15H,16H2,1-2H3,(H,28,31)/b27-15+. The fourth-order valence-electron chi connectivity index (χ4n) is 3.36. The van der Waals surface area contributed by atoms with Crippen LogP contribution in [0.1, 0.15) is 32.0 Å². The van der Waals surface area contributed by atoms with Crippen LogP contribution in [0.4, 0.5) is 0 Å². The van der Waals surface area contributed by atoms with Crippen LogP contribution in [-0.2, 0) is 18.4 Å². The van der Waals surface area contributed by atoms with Gasteiger partial charge in [0.15, 0.2) is 5.69 Å². The fraction of sp³-hybridized carbons (Fsp3) is 0.115. The summed E-state index contributed by atoms with van der Waals surface area (Å²) in [6, 6.07) is 20.9. The van der Waals surface area contributed by atoms with Gasteiger partial charge in [-0.2, -0.15) is 10.2 Å². The first-order valence-corrected chi connectivity index (χ1v) is 10.7. The van der Waals surface area contributed by atoms with Crippen LogP contribution in [0, 0.1) is 0 Å². The Balaban J connectivity index is 1.36. The van der Waals surface area contributed by atoms with Crippen LogP contribution in [0.25, 0.3) is 10.8 Å². The van der Waals surface area contributed by atoms with Crippen LogP contribution in [0.5, 0.6) is 5.75 Å². The molecule has 4 aromatic rings. The van der Waals surface area contributed by atoms with Crippen LogP contribution in [-0.4, -0.2) is 35.0 Å². The van der Waals surface area contributed by atoms with Crippen molar-refractivity contribution in [2.24, 2.45) is 12.1 Å². The van der Waals surface area contributed by atoms with E-state index in [9.17, 15) is 14.4 Å². The van der Waals surface area contributed by atoms with Crippen LogP contribution in [0.2, 0.25) is 0 Å². The molecule has 0 unspecified atom stereocenters. The molecular weight excluding hydrogens is 448 g/mol. The topological polar surface area (TPSA) is 112 Å². The number of carbonyl (C=O) groups excluding carboxylic acids is 2. The van der Waals surface area contributed by atoms with E-state index in [0.717, 1.165) is 15.8 Å². The number of aryl methyl sites for hydroxylation is 1. The van der Waals surface area contributed by atoms with Gasteiger partial charge in [-0.05, 0) is 53.6 Å². The highest BCUT2D eigenvalue weighted by Gasteiger charge is 2.14. The second-order valence-corrected chi connectivity index (χ2v) is 7.57. The number of aromatic nitrogens is 2. The van der Waals surface area contributed by atoms with E-state index in [0.29, 0.717) is 28.7 Å². The first kappa shape index (κ1) is 23.4. The lowest BCUT2D eigenvalue weighted by atomic mass is 10.1. The van der Waals surface area contributed by atoms with E-state index in [-0.39, 0.29) is 17.2 Å². The van der Waals surface area contributed by atoms with Gasteiger partial charge < -0.3 is 9.47 Å². The molecule has 0 aliphatic heterocycles. The average Bonchev–Trinajstić information content (AvgIpc) is 2.90. The van der Waals surface area contributed by atoms with E-state index < -0.39 is 5.91 Å². The minimum atomic E-state index is -0.522. The molecule has 1 aromatic heterocycles. The number of methoxy groups -OCH3 is 1. The number of esters is 1. The first-order valence-electron chi connectivity index (χ1n) is 10.7. The zero-order chi connectivity index (χ0) is 24.8. The van der Waals surface area contributed by atoms with Crippen molar-refractivity contribution in [1.82, 2.24) is 15.2 Å². The number of nitrogens with zero attached hydrogens (tertiary/aromatic N) is 3. The molecule has 0 saturated heterocycles. The number of hydrogen-bond acceptors (Lipinski definition) is 7. The molecule has 0 radical (unpaired) electrons. The Morgan fingerprint density at radius 3 is 2.37 bits per heavy atom. The Hall–Kier alpha value is -4.79. The Bertz CT molecular complexity index is 1460. The molecule has 3 aromatic carbocycles. The highest BCUT2D eigenvalue weighted by Crippen LogP contribution is 2.15. The maximum Gasteiger partial charge on any atom is 0.337 e. The van der Waals surface area contributed by atoms with Crippen molar-refractivity contribution in [2.75, 3.05) is 7.11 Å². The minimum Gasteiger partial charge on any atom is -0.489 e. The van der Waals surface area contributed by atoms with Crippen LogP contribution >= 0.6 is 0 Å². The Labute approximate surface area is 200 Å². The van der Waals surface area contributed by atoms with Crippen molar-refractivity contribution in [3.8, 4) is 5.75 Å². The van der Waals surface area contributed by atoms with Crippen molar-refractivity contribution in [1.29, 1.82) is 0 Å². The third-order valence-electron chi connectivity index (χ3n) is 5.21. The molecule has 0 saturated carbocycles. The Kier molecular flexibility index (Phi) is 6.96. The predicted octanol–water partition coefficient (Wildman–Crippen LogP) is 3.06. The molecule has 0 aliphatic rings. The first-order chi connectivity index (χ1) is 17.0. The van der Waals surface area contributed by atoms with E-state index >= 15 is 0 Å². The molecule has 1 heterocycles. The maximum atomic E-state index is 12.6. The number of ether oxygens (including phenoxy) is 2. The SMILES string of the molecule is COC(=O)c1ccc(COc2ccc(/C=N/NC(=O)c3nn(C)c(=O)c4ccccc34)cc2)cc1. The van der Waals surface area contributed by atoms with E-state index in [2.05, 4.69) is 20.4 Å². The fourth-order valence-corrected chi connectivity index (χ4v) is 3.36.